The van der Waals surface area contributed by atoms with Crippen molar-refractivity contribution < 1.29 is 14.3 Å². The Hall–Kier alpha value is -1.99. The Bertz CT molecular complexity index is 546. The van der Waals surface area contributed by atoms with Gasteiger partial charge in [0, 0.05) is 12.1 Å². The van der Waals surface area contributed by atoms with Crippen LogP contribution in [-0.4, -0.2) is 47.9 Å². The van der Waals surface area contributed by atoms with Gasteiger partial charge in [0.05, 0.1) is 19.7 Å². The third-order valence-corrected chi connectivity index (χ3v) is 3.25. The molecule has 1 fully saturated rings. The number of benzene rings is 1. The van der Waals surface area contributed by atoms with Crippen LogP contribution in [0.5, 0.6) is 5.75 Å². The van der Waals surface area contributed by atoms with E-state index < -0.39 is 0 Å². The standard InChI is InChI=1S/C14H17N3O3S/c15-14(21)10-3-1-4-11(7-10)20-6-2-5-17-8-12(18)16-13(19)9-17/h1,3-4,7H,2,5-6,8-9H2,(H2,15,21)(H,16,18,19). The molecule has 21 heavy (non-hydrogen) atoms. The highest BCUT2D eigenvalue weighted by molar-refractivity contribution is 7.80. The highest BCUT2D eigenvalue weighted by atomic mass is 32.1. The van der Waals surface area contributed by atoms with Crippen LogP contribution >= 0.6 is 12.2 Å². The Morgan fingerprint density at radius 2 is 2.05 bits per heavy atom. The summed E-state index contributed by atoms with van der Waals surface area (Å²) in [5.74, 6) is 0.195. The van der Waals surface area contributed by atoms with Crippen molar-refractivity contribution in [3.05, 3.63) is 29.8 Å². The predicted octanol–water partition coefficient (Wildman–Crippen LogP) is 0.0481. The largest absolute Gasteiger partial charge is 0.494 e. The van der Waals surface area contributed by atoms with Gasteiger partial charge in [0.25, 0.3) is 0 Å². The molecular weight excluding hydrogens is 290 g/mol. The average Bonchev–Trinajstić information content (AvgIpc) is 2.43. The third kappa shape index (κ3) is 4.80. The van der Waals surface area contributed by atoms with E-state index in [-0.39, 0.29) is 24.9 Å². The summed E-state index contributed by atoms with van der Waals surface area (Å²) in [5, 5.41) is 2.27. The summed E-state index contributed by atoms with van der Waals surface area (Å²) in [4.78, 5) is 24.6. The summed E-state index contributed by atoms with van der Waals surface area (Å²) in [6.45, 7) is 1.63. The number of carbonyl (C=O) groups excluding carboxylic acids is 2. The molecule has 1 heterocycles. The summed E-state index contributed by atoms with van der Waals surface area (Å²) in [5.41, 5.74) is 6.33. The molecule has 0 atom stereocenters. The highest BCUT2D eigenvalue weighted by Gasteiger charge is 2.21. The maximum Gasteiger partial charge on any atom is 0.240 e. The van der Waals surface area contributed by atoms with Gasteiger partial charge in [0.15, 0.2) is 0 Å². The second kappa shape index (κ2) is 7.14. The fourth-order valence-electron chi connectivity index (χ4n) is 2.07. The second-order valence-corrected chi connectivity index (χ2v) is 5.22. The Morgan fingerprint density at radius 1 is 1.33 bits per heavy atom. The predicted molar refractivity (Wildman–Crippen MR) is 82.0 cm³/mol. The van der Waals surface area contributed by atoms with Gasteiger partial charge < -0.3 is 10.5 Å². The monoisotopic (exact) mass is 307 g/mol. The zero-order chi connectivity index (χ0) is 15.2. The van der Waals surface area contributed by atoms with Crippen LogP contribution in [0, 0.1) is 0 Å². The van der Waals surface area contributed by atoms with Crippen LogP contribution in [0.25, 0.3) is 0 Å². The quantitative estimate of drug-likeness (QED) is 0.439. The van der Waals surface area contributed by atoms with Gasteiger partial charge in [-0.1, -0.05) is 24.4 Å². The SMILES string of the molecule is NC(=S)c1cccc(OCCCN2CC(=O)NC(=O)C2)c1. The van der Waals surface area contributed by atoms with Crippen LogP contribution in [0.15, 0.2) is 24.3 Å². The lowest BCUT2D eigenvalue weighted by molar-refractivity contribution is -0.136. The number of ether oxygens (including phenoxy) is 1. The highest BCUT2D eigenvalue weighted by Crippen LogP contribution is 2.13. The van der Waals surface area contributed by atoms with Crippen molar-refractivity contribution in [2.45, 2.75) is 6.42 Å². The molecule has 3 N–H and O–H groups in total. The summed E-state index contributed by atoms with van der Waals surface area (Å²) in [6.07, 6.45) is 0.720. The van der Waals surface area contributed by atoms with Gasteiger partial charge in [-0.05, 0) is 18.6 Å². The van der Waals surface area contributed by atoms with E-state index in [1.54, 1.807) is 11.0 Å². The van der Waals surface area contributed by atoms with Crippen LogP contribution in [0.3, 0.4) is 0 Å². The lowest BCUT2D eigenvalue weighted by Gasteiger charge is -2.24. The molecule has 2 amide bonds. The van der Waals surface area contributed by atoms with Crippen LogP contribution in [0.4, 0.5) is 0 Å². The van der Waals surface area contributed by atoms with Crippen molar-refractivity contribution in [3.63, 3.8) is 0 Å². The number of piperazine rings is 1. The Labute approximate surface area is 128 Å². The van der Waals surface area contributed by atoms with E-state index in [0.29, 0.717) is 23.9 Å². The van der Waals surface area contributed by atoms with Crippen molar-refractivity contribution in [3.8, 4) is 5.75 Å². The number of nitrogens with zero attached hydrogens (tertiary/aromatic N) is 1. The Balaban J connectivity index is 1.74. The first kappa shape index (κ1) is 15.4. The molecule has 7 heteroatoms. The van der Waals surface area contributed by atoms with Crippen LogP contribution in [-0.2, 0) is 9.59 Å². The molecule has 1 aliphatic rings. The lowest BCUT2D eigenvalue weighted by atomic mass is 10.2. The summed E-state index contributed by atoms with van der Waals surface area (Å²) < 4.78 is 5.61. The van der Waals surface area contributed by atoms with Crippen molar-refractivity contribution >= 4 is 29.0 Å². The second-order valence-electron chi connectivity index (χ2n) is 4.78. The normalized spacial score (nSPS) is 15.6. The third-order valence-electron chi connectivity index (χ3n) is 3.02. The molecule has 1 aliphatic heterocycles. The molecule has 1 aromatic carbocycles. The van der Waals surface area contributed by atoms with Crippen LogP contribution < -0.4 is 15.8 Å². The van der Waals surface area contributed by atoms with E-state index in [1.807, 2.05) is 18.2 Å². The van der Waals surface area contributed by atoms with E-state index in [2.05, 4.69) is 5.32 Å². The summed E-state index contributed by atoms with van der Waals surface area (Å²) in [7, 11) is 0. The Kier molecular flexibility index (Phi) is 5.24. The number of rotatable bonds is 6. The summed E-state index contributed by atoms with van der Waals surface area (Å²) >= 11 is 4.91. The smallest absolute Gasteiger partial charge is 0.240 e. The first-order valence-corrected chi connectivity index (χ1v) is 7.03. The summed E-state index contributed by atoms with van der Waals surface area (Å²) in [6, 6.07) is 7.28. The fourth-order valence-corrected chi connectivity index (χ4v) is 2.20. The molecule has 0 aromatic heterocycles. The molecule has 1 aromatic rings. The maximum atomic E-state index is 11.2. The van der Waals surface area contributed by atoms with Gasteiger partial charge in [-0.3, -0.25) is 19.8 Å². The van der Waals surface area contributed by atoms with Gasteiger partial charge in [0.2, 0.25) is 11.8 Å². The Morgan fingerprint density at radius 3 is 2.71 bits per heavy atom. The van der Waals surface area contributed by atoms with Gasteiger partial charge >= 0.3 is 0 Å². The molecule has 6 nitrogen and oxygen atoms in total. The van der Waals surface area contributed by atoms with Gasteiger partial charge in [-0.15, -0.1) is 0 Å². The number of hydrogen-bond donors (Lipinski definition) is 2. The minimum Gasteiger partial charge on any atom is -0.494 e. The topological polar surface area (TPSA) is 84.7 Å². The van der Waals surface area contributed by atoms with E-state index >= 15 is 0 Å². The van der Waals surface area contributed by atoms with Gasteiger partial charge in [-0.25, -0.2) is 0 Å². The number of carbonyl (C=O) groups is 2. The van der Waals surface area contributed by atoms with Crippen molar-refractivity contribution in [1.29, 1.82) is 0 Å². The molecule has 0 spiro atoms. The number of hydrogen-bond acceptors (Lipinski definition) is 5. The molecular formula is C14H17N3O3S. The first-order chi connectivity index (χ1) is 10.0. The van der Waals surface area contributed by atoms with Gasteiger partial charge in [-0.2, -0.15) is 0 Å². The number of thiocarbonyl (C=S) groups is 1. The van der Waals surface area contributed by atoms with Crippen molar-refractivity contribution in [2.24, 2.45) is 5.73 Å². The van der Waals surface area contributed by atoms with Crippen LogP contribution in [0.2, 0.25) is 0 Å². The first-order valence-electron chi connectivity index (χ1n) is 6.62. The molecule has 2 rings (SSSR count). The average molecular weight is 307 g/mol. The number of nitrogens with two attached hydrogens (primary N) is 1. The van der Waals surface area contributed by atoms with E-state index in [0.717, 1.165) is 12.0 Å². The lowest BCUT2D eigenvalue weighted by Crippen LogP contribution is -2.51. The minimum atomic E-state index is -0.253. The molecule has 0 bridgehead atoms. The molecule has 112 valence electrons. The number of nitrogens with one attached hydrogen (secondary N) is 1. The van der Waals surface area contributed by atoms with Crippen molar-refractivity contribution in [2.75, 3.05) is 26.2 Å². The van der Waals surface area contributed by atoms with E-state index in [4.69, 9.17) is 22.7 Å². The van der Waals surface area contributed by atoms with Gasteiger partial charge in [0.1, 0.15) is 10.7 Å². The zero-order valence-corrected chi connectivity index (χ0v) is 12.3. The number of amides is 2. The van der Waals surface area contributed by atoms with E-state index in [9.17, 15) is 9.59 Å². The van der Waals surface area contributed by atoms with Crippen molar-refractivity contribution in [1.82, 2.24) is 10.2 Å². The zero-order valence-electron chi connectivity index (χ0n) is 11.5. The molecule has 0 aliphatic carbocycles. The molecule has 0 unspecified atom stereocenters. The van der Waals surface area contributed by atoms with Crippen LogP contribution in [0.1, 0.15) is 12.0 Å². The molecule has 0 radical (unpaired) electrons. The minimum absolute atomic E-state index is 0.253. The maximum absolute atomic E-state index is 11.2. The number of imide groups is 1. The molecule has 0 saturated carbocycles. The fraction of sp³-hybridized carbons (Fsp3) is 0.357. The molecule has 1 saturated heterocycles. The van der Waals surface area contributed by atoms with E-state index in [1.165, 1.54) is 0 Å².